The molecule has 1 aromatic carbocycles. The lowest BCUT2D eigenvalue weighted by molar-refractivity contribution is -0.145. The van der Waals surface area contributed by atoms with Crippen molar-refractivity contribution < 1.29 is 14.3 Å². The first kappa shape index (κ1) is 16.1. The minimum atomic E-state index is -0.425. The van der Waals surface area contributed by atoms with E-state index in [2.05, 4.69) is 17.5 Å². The van der Waals surface area contributed by atoms with Crippen LogP contribution >= 0.6 is 0 Å². The Morgan fingerprint density at radius 2 is 2.11 bits per heavy atom. The van der Waals surface area contributed by atoms with Gasteiger partial charge in [-0.1, -0.05) is 12.6 Å². The van der Waals surface area contributed by atoms with Crippen molar-refractivity contribution >= 4 is 12.6 Å². The Morgan fingerprint density at radius 1 is 1.26 bits per heavy atom. The van der Waals surface area contributed by atoms with Crippen molar-refractivity contribution in [2.24, 2.45) is 11.3 Å². The Morgan fingerprint density at radius 3 is 2.85 bits per heavy atom. The van der Waals surface area contributed by atoms with Crippen molar-refractivity contribution in [2.75, 3.05) is 13.1 Å². The maximum atomic E-state index is 12.8. The van der Waals surface area contributed by atoms with E-state index in [-0.39, 0.29) is 17.6 Å². The summed E-state index contributed by atoms with van der Waals surface area (Å²) in [5, 5.41) is 0. The van der Waals surface area contributed by atoms with Gasteiger partial charge < -0.3 is 9.53 Å². The van der Waals surface area contributed by atoms with Crippen LogP contribution in [0.25, 0.3) is 0 Å². The van der Waals surface area contributed by atoms with E-state index in [0.29, 0.717) is 5.56 Å². The summed E-state index contributed by atoms with van der Waals surface area (Å²) < 4.78 is 6.46. The highest BCUT2D eigenvalue weighted by molar-refractivity contribution is 5.84. The summed E-state index contributed by atoms with van der Waals surface area (Å²) in [4.78, 5) is 27.1. The first-order chi connectivity index (χ1) is 13.1. The molecule has 4 heteroatoms. The Hall–Kier alpha value is -1.94. The molecule has 1 saturated heterocycles. The molecular weight excluding hydrogens is 338 g/mol. The van der Waals surface area contributed by atoms with Gasteiger partial charge in [0.05, 0.1) is 16.4 Å². The van der Waals surface area contributed by atoms with Gasteiger partial charge in [-0.3, -0.25) is 9.69 Å². The average Bonchev–Trinajstić information content (AvgIpc) is 3.43. The lowest BCUT2D eigenvalue weighted by atomic mass is 9.43. The fraction of sp³-hybridized carbons (Fsp3) is 0.565. The van der Waals surface area contributed by atoms with E-state index in [4.69, 9.17) is 4.74 Å². The van der Waals surface area contributed by atoms with Crippen LogP contribution in [-0.4, -0.2) is 42.7 Å². The van der Waals surface area contributed by atoms with E-state index in [1.54, 1.807) is 0 Å². The zero-order valence-corrected chi connectivity index (χ0v) is 15.6. The van der Waals surface area contributed by atoms with Gasteiger partial charge in [0.25, 0.3) is 0 Å². The van der Waals surface area contributed by atoms with Gasteiger partial charge in [-0.05, 0) is 68.2 Å². The van der Waals surface area contributed by atoms with Gasteiger partial charge in [-0.2, -0.15) is 0 Å². The lowest BCUT2D eigenvalue weighted by Gasteiger charge is -2.63. The van der Waals surface area contributed by atoms with Crippen molar-refractivity contribution in [2.45, 2.75) is 56.1 Å². The van der Waals surface area contributed by atoms with Crippen LogP contribution in [0.2, 0.25) is 0 Å². The molecule has 1 spiro atoms. The van der Waals surface area contributed by atoms with Gasteiger partial charge in [0.2, 0.25) is 0 Å². The van der Waals surface area contributed by atoms with Crippen molar-refractivity contribution in [3.8, 4) is 5.75 Å². The highest BCUT2D eigenvalue weighted by Crippen LogP contribution is 2.68. The maximum absolute atomic E-state index is 12.8. The third kappa shape index (κ3) is 1.74. The fourth-order valence-corrected chi connectivity index (χ4v) is 6.87. The number of ether oxygens (including phenoxy) is 1. The van der Waals surface area contributed by atoms with Crippen molar-refractivity contribution in [1.82, 2.24) is 4.90 Å². The van der Waals surface area contributed by atoms with Crippen LogP contribution < -0.4 is 4.74 Å². The third-order valence-electron chi connectivity index (χ3n) is 8.23. The molecule has 27 heavy (non-hydrogen) atoms. The topological polar surface area (TPSA) is 46.6 Å². The average molecular weight is 363 g/mol. The molecule has 1 aromatic rings. The second kappa shape index (κ2) is 5.11. The standard InChI is InChI=1S/C23H25NO3/c1-14-6-7-22(13-26)18-10-16-4-5-17(12-25)20-19(16)23(22,21(14)27-20)8-9-24(18)11-15-2-3-15/h4-5,12-13,15,18,21H,1-3,6-11H2/t18-,21?,22-,23+/m1/s1. The van der Waals surface area contributed by atoms with Crippen LogP contribution in [-0.2, 0) is 16.6 Å². The summed E-state index contributed by atoms with van der Waals surface area (Å²) in [5.41, 5.74) is 3.37. The van der Waals surface area contributed by atoms with Gasteiger partial charge in [0.1, 0.15) is 18.1 Å². The van der Waals surface area contributed by atoms with Gasteiger partial charge in [0, 0.05) is 18.2 Å². The largest absolute Gasteiger partial charge is 0.484 e. The van der Waals surface area contributed by atoms with E-state index in [1.807, 2.05) is 6.07 Å². The van der Waals surface area contributed by atoms with Crippen LogP contribution in [0, 0.1) is 11.3 Å². The maximum Gasteiger partial charge on any atom is 0.153 e. The van der Waals surface area contributed by atoms with E-state index < -0.39 is 5.41 Å². The molecule has 4 atom stereocenters. The molecule has 140 valence electrons. The van der Waals surface area contributed by atoms with Gasteiger partial charge in [0.15, 0.2) is 6.29 Å². The molecule has 3 fully saturated rings. The van der Waals surface area contributed by atoms with Crippen molar-refractivity contribution in [1.29, 1.82) is 0 Å². The number of benzene rings is 1. The summed E-state index contributed by atoms with van der Waals surface area (Å²) in [7, 11) is 0. The number of aldehydes is 2. The SMILES string of the molecule is C=C1CC[C@@]2(C=O)[C@H]3Cc4ccc(C=O)c5c4[C@@]2(CCN3CC2CC2)C1O5. The zero-order valence-electron chi connectivity index (χ0n) is 15.6. The Bertz CT molecular complexity index is 888. The molecule has 2 bridgehead atoms. The number of nitrogens with zero attached hydrogens (tertiary/aromatic N) is 1. The van der Waals surface area contributed by atoms with Crippen LogP contribution in [0.5, 0.6) is 5.75 Å². The normalized spacial score (nSPS) is 38.9. The number of carbonyl (C=O) groups is 2. The summed E-state index contributed by atoms with van der Waals surface area (Å²) in [6.45, 7) is 6.46. The van der Waals surface area contributed by atoms with Crippen LogP contribution in [0.1, 0.15) is 53.6 Å². The third-order valence-corrected chi connectivity index (χ3v) is 8.23. The molecule has 4 nitrogen and oxygen atoms in total. The van der Waals surface area contributed by atoms with Crippen LogP contribution in [0.4, 0.5) is 0 Å². The number of rotatable bonds is 4. The van der Waals surface area contributed by atoms with Crippen molar-refractivity contribution in [3.05, 3.63) is 41.0 Å². The highest BCUT2D eigenvalue weighted by Gasteiger charge is 2.72. The Balaban J connectivity index is 1.61. The molecule has 2 aliphatic heterocycles. The number of likely N-dealkylation sites (tertiary alicyclic amines) is 1. The van der Waals surface area contributed by atoms with Crippen LogP contribution in [0.15, 0.2) is 24.3 Å². The molecule has 0 amide bonds. The van der Waals surface area contributed by atoms with E-state index in [0.717, 1.165) is 67.9 Å². The highest BCUT2D eigenvalue weighted by atomic mass is 16.5. The number of carbonyl (C=O) groups excluding carboxylic acids is 2. The molecule has 5 aliphatic rings. The fourth-order valence-electron chi connectivity index (χ4n) is 6.87. The number of hydrogen-bond donors (Lipinski definition) is 0. The smallest absolute Gasteiger partial charge is 0.153 e. The van der Waals surface area contributed by atoms with Gasteiger partial charge in [-0.15, -0.1) is 0 Å². The Kier molecular flexibility index (Phi) is 3.04. The molecule has 3 aliphatic carbocycles. The summed E-state index contributed by atoms with van der Waals surface area (Å²) in [5.74, 6) is 1.54. The first-order valence-electron chi connectivity index (χ1n) is 10.3. The Labute approximate surface area is 159 Å². The van der Waals surface area contributed by atoms with E-state index in [9.17, 15) is 9.59 Å². The molecule has 1 unspecified atom stereocenters. The summed E-state index contributed by atoms with van der Waals surface area (Å²) in [6, 6.07) is 4.24. The molecule has 0 N–H and O–H groups in total. The van der Waals surface area contributed by atoms with Gasteiger partial charge >= 0.3 is 0 Å². The van der Waals surface area contributed by atoms with Crippen LogP contribution in [0.3, 0.4) is 0 Å². The van der Waals surface area contributed by atoms with E-state index >= 15 is 0 Å². The lowest BCUT2D eigenvalue weighted by Crippen LogP contribution is -2.72. The minimum absolute atomic E-state index is 0.169. The molecule has 6 rings (SSSR count). The van der Waals surface area contributed by atoms with Gasteiger partial charge in [-0.25, -0.2) is 0 Å². The molecule has 0 aromatic heterocycles. The number of piperidine rings is 1. The predicted molar refractivity (Wildman–Crippen MR) is 101 cm³/mol. The summed E-state index contributed by atoms with van der Waals surface area (Å²) in [6.07, 6.45) is 8.14. The second-order valence-corrected chi connectivity index (χ2v) is 9.33. The zero-order chi connectivity index (χ0) is 18.4. The van der Waals surface area contributed by atoms with E-state index in [1.165, 1.54) is 24.7 Å². The minimum Gasteiger partial charge on any atom is -0.484 e. The second-order valence-electron chi connectivity index (χ2n) is 9.33. The molecular formula is C23H25NO3. The first-order valence-corrected chi connectivity index (χ1v) is 10.3. The predicted octanol–water partition coefficient (Wildman–Crippen LogP) is 3.07. The van der Waals surface area contributed by atoms with Crippen molar-refractivity contribution in [3.63, 3.8) is 0 Å². The quantitative estimate of drug-likeness (QED) is 0.609. The molecule has 2 heterocycles. The number of hydrogen-bond acceptors (Lipinski definition) is 4. The summed E-state index contributed by atoms with van der Waals surface area (Å²) >= 11 is 0. The monoisotopic (exact) mass is 363 g/mol. The molecule has 0 radical (unpaired) electrons. The molecule has 2 saturated carbocycles.